The molecule has 1 unspecified atom stereocenters. The summed E-state index contributed by atoms with van der Waals surface area (Å²) < 4.78 is 28.7. The Morgan fingerprint density at radius 2 is 1.84 bits per heavy atom. The third-order valence-corrected chi connectivity index (χ3v) is 4.89. The standard InChI is InChI=1S/C13H21N3O2S/c1-11-4-3-9-16(10-11)19(17,18)15-13-7-5-12(14-2)6-8-13/h5-8,11,14-15H,3-4,9-10H2,1-2H3. The quantitative estimate of drug-likeness (QED) is 0.889. The molecule has 0 spiro atoms. The Bertz CT molecular complexity index is 513. The topological polar surface area (TPSA) is 61.4 Å². The van der Waals surface area contributed by atoms with Gasteiger partial charge in [-0.2, -0.15) is 12.7 Å². The normalized spacial score (nSPS) is 21.1. The number of hydrogen-bond donors (Lipinski definition) is 2. The van der Waals surface area contributed by atoms with Crippen LogP contribution in [0.4, 0.5) is 11.4 Å². The lowest BCUT2D eigenvalue weighted by molar-refractivity contribution is 0.282. The van der Waals surface area contributed by atoms with Crippen molar-refractivity contribution in [2.24, 2.45) is 5.92 Å². The predicted octanol–water partition coefficient (Wildman–Crippen LogP) is 2.12. The van der Waals surface area contributed by atoms with Gasteiger partial charge in [0.05, 0.1) is 0 Å². The van der Waals surface area contributed by atoms with Gasteiger partial charge < -0.3 is 5.32 Å². The Morgan fingerprint density at radius 1 is 1.21 bits per heavy atom. The third kappa shape index (κ3) is 3.61. The van der Waals surface area contributed by atoms with Crippen LogP contribution < -0.4 is 10.0 Å². The smallest absolute Gasteiger partial charge is 0.301 e. The van der Waals surface area contributed by atoms with E-state index in [-0.39, 0.29) is 0 Å². The summed E-state index contributed by atoms with van der Waals surface area (Å²) in [6.45, 7) is 3.29. The van der Waals surface area contributed by atoms with E-state index in [4.69, 9.17) is 0 Å². The summed E-state index contributed by atoms with van der Waals surface area (Å²) in [6, 6.07) is 7.21. The molecule has 1 aromatic carbocycles. The number of piperidine rings is 1. The summed E-state index contributed by atoms with van der Waals surface area (Å²) in [5.41, 5.74) is 1.55. The Hall–Kier alpha value is -1.27. The van der Waals surface area contributed by atoms with E-state index in [2.05, 4.69) is 17.0 Å². The van der Waals surface area contributed by atoms with Gasteiger partial charge in [-0.1, -0.05) is 6.92 Å². The minimum absolute atomic E-state index is 0.428. The Morgan fingerprint density at radius 3 is 2.42 bits per heavy atom. The molecule has 1 aromatic rings. The van der Waals surface area contributed by atoms with E-state index in [0.717, 1.165) is 18.5 Å². The van der Waals surface area contributed by atoms with Crippen molar-refractivity contribution in [3.05, 3.63) is 24.3 Å². The highest BCUT2D eigenvalue weighted by Gasteiger charge is 2.26. The van der Waals surface area contributed by atoms with Crippen LogP contribution in [0.15, 0.2) is 24.3 Å². The fourth-order valence-corrected chi connectivity index (χ4v) is 3.67. The SMILES string of the molecule is CNc1ccc(NS(=O)(=O)N2CCCC(C)C2)cc1. The van der Waals surface area contributed by atoms with Crippen LogP contribution in [0.3, 0.4) is 0 Å². The summed E-state index contributed by atoms with van der Waals surface area (Å²) in [6.07, 6.45) is 2.03. The van der Waals surface area contributed by atoms with E-state index in [0.29, 0.717) is 24.7 Å². The van der Waals surface area contributed by atoms with Crippen LogP contribution in [-0.4, -0.2) is 32.9 Å². The molecule has 2 rings (SSSR count). The molecule has 0 radical (unpaired) electrons. The lowest BCUT2D eigenvalue weighted by Gasteiger charge is -2.30. The molecule has 6 heteroatoms. The fourth-order valence-electron chi connectivity index (χ4n) is 2.28. The molecule has 106 valence electrons. The molecule has 1 saturated heterocycles. The van der Waals surface area contributed by atoms with Crippen molar-refractivity contribution < 1.29 is 8.42 Å². The molecule has 0 bridgehead atoms. The molecule has 1 aliphatic heterocycles. The number of nitrogens with one attached hydrogen (secondary N) is 2. The number of rotatable bonds is 4. The molecule has 1 atom stereocenters. The number of hydrogen-bond acceptors (Lipinski definition) is 3. The zero-order valence-corrected chi connectivity index (χ0v) is 12.2. The molecular formula is C13H21N3O2S. The number of benzene rings is 1. The van der Waals surface area contributed by atoms with E-state index in [9.17, 15) is 8.42 Å². The van der Waals surface area contributed by atoms with Gasteiger partial charge in [0.15, 0.2) is 0 Å². The van der Waals surface area contributed by atoms with E-state index in [1.807, 2.05) is 19.2 Å². The molecule has 1 fully saturated rings. The second-order valence-electron chi connectivity index (χ2n) is 5.04. The first-order chi connectivity index (χ1) is 9.01. The van der Waals surface area contributed by atoms with Crippen LogP contribution in [-0.2, 0) is 10.2 Å². The largest absolute Gasteiger partial charge is 0.388 e. The molecule has 0 saturated carbocycles. The lowest BCUT2D eigenvalue weighted by atomic mass is 10.0. The first-order valence-electron chi connectivity index (χ1n) is 6.57. The minimum Gasteiger partial charge on any atom is -0.388 e. The van der Waals surface area contributed by atoms with Crippen LogP contribution in [0.1, 0.15) is 19.8 Å². The summed E-state index contributed by atoms with van der Waals surface area (Å²) in [5.74, 6) is 0.428. The van der Waals surface area contributed by atoms with E-state index in [1.165, 1.54) is 4.31 Å². The highest BCUT2D eigenvalue weighted by Crippen LogP contribution is 2.21. The van der Waals surface area contributed by atoms with Crippen LogP contribution in [0, 0.1) is 5.92 Å². The molecule has 1 aliphatic rings. The van der Waals surface area contributed by atoms with Crippen molar-refractivity contribution in [2.45, 2.75) is 19.8 Å². The average molecular weight is 283 g/mol. The average Bonchev–Trinajstić information content (AvgIpc) is 2.39. The van der Waals surface area contributed by atoms with Crippen LogP contribution in [0.2, 0.25) is 0 Å². The van der Waals surface area contributed by atoms with Gasteiger partial charge in [0.25, 0.3) is 0 Å². The summed E-state index contributed by atoms with van der Waals surface area (Å²) in [4.78, 5) is 0. The summed E-state index contributed by atoms with van der Waals surface area (Å²) in [7, 11) is -1.60. The molecule has 19 heavy (non-hydrogen) atoms. The number of anilines is 2. The first-order valence-corrected chi connectivity index (χ1v) is 8.01. The van der Waals surface area contributed by atoms with Gasteiger partial charge in [0.1, 0.15) is 0 Å². The Balaban J connectivity index is 2.07. The van der Waals surface area contributed by atoms with Crippen molar-refractivity contribution in [1.82, 2.24) is 4.31 Å². The van der Waals surface area contributed by atoms with Gasteiger partial charge in [-0.3, -0.25) is 4.72 Å². The monoisotopic (exact) mass is 283 g/mol. The number of nitrogens with zero attached hydrogens (tertiary/aromatic N) is 1. The molecule has 2 N–H and O–H groups in total. The highest BCUT2D eigenvalue weighted by atomic mass is 32.2. The van der Waals surface area contributed by atoms with Gasteiger partial charge in [-0.15, -0.1) is 0 Å². The zero-order valence-electron chi connectivity index (χ0n) is 11.4. The van der Waals surface area contributed by atoms with Gasteiger partial charge in [0, 0.05) is 31.5 Å². The van der Waals surface area contributed by atoms with E-state index in [1.54, 1.807) is 12.1 Å². The lowest BCUT2D eigenvalue weighted by Crippen LogP contribution is -2.42. The van der Waals surface area contributed by atoms with Crippen molar-refractivity contribution in [3.8, 4) is 0 Å². The molecule has 0 aromatic heterocycles. The minimum atomic E-state index is -3.43. The highest BCUT2D eigenvalue weighted by molar-refractivity contribution is 7.90. The van der Waals surface area contributed by atoms with Gasteiger partial charge in [0.2, 0.25) is 0 Å². The van der Waals surface area contributed by atoms with E-state index >= 15 is 0 Å². The van der Waals surface area contributed by atoms with Crippen molar-refractivity contribution in [1.29, 1.82) is 0 Å². The maximum atomic E-state index is 12.3. The zero-order chi connectivity index (χ0) is 13.9. The van der Waals surface area contributed by atoms with Crippen LogP contribution in [0.25, 0.3) is 0 Å². The molecule has 0 amide bonds. The Labute approximate surface area is 115 Å². The molecular weight excluding hydrogens is 262 g/mol. The van der Waals surface area contributed by atoms with Crippen LogP contribution in [0.5, 0.6) is 0 Å². The van der Waals surface area contributed by atoms with Crippen molar-refractivity contribution in [2.75, 3.05) is 30.2 Å². The van der Waals surface area contributed by atoms with E-state index < -0.39 is 10.2 Å². The second kappa shape index (κ2) is 5.79. The van der Waals surface area contributed by atoms with Gasteiger partial charge in [-0.25, -0.2) is 0 Å². The first kappa shape index (κ1) is 14.1. The van der Waals surface area contributed by atoms with Gasteiger partial charge in [-0.05, 0) is 43.0 Å². The molecule has 0 aliphatic carbocycles. The second-order valence-corrected chi connectivity index (χ2v) is 6.71. The summed E-state index contributed by atoms with van der Waals surface area (Å²) in [5, 5.41) is 3.00. The molecule has 5 nitrogen and oxygen atoms in total. The van der Waals surface area contributed by atoms with Gasteiger partial charge >= 0.3 is 10.2 Å². The summed E-state index contributed by atoms with van der Waals surface area (Å²) >= 11 is 0. The maximum Gasteiger partial charge on any atom is 0.301 e. The third-order valence-electron chi connectivity index (χ3n) is 3.38. The van der Waals surface area contributed by atoms with Crippen LogP contribution >= 0.6 is 0 Å². The van der Waals surface area contributed by atoms with Crippen molar-refractivity contribution >= 4 is 21.6 Å². The molecule has 1 heterocycles. The Kier molecular flexibility index (Phi) is 4.31. The predicted molar refractivity (Wildman–Crippen MR) is 78.5 cm³/mol. The maximum absolute atomic E-state index is 12.3. The fraction of sp³-hybridized carbons (Fsp3) is 0.538. The van der Waals surface area contributed by atoms with Crippen molar-refractivity contribution in [3.63, 3.8) is 0 Å².